The third kappa shape index (κ3) is 0.720. The molecule has 13 heavy (non-hydrogen) atoms. The molecule has 0 radical (unpaired) electrons. The normalized spacial score (nSPS) is 56.2. The van der Waals surface area contributed by atoms with Gasteiger partial charge in [-0.3, -0.25) is 0 Å². The van der Waals surface area contributed by atoms with E-state index in [4.69, 9.17) is 0 Å². The van der Waals surface area contributed by atoms with Crippen molar-refractivity contribution >= 4 is 0 Å². The van der Waals surface area contributed by atoms with Gasteiger partial charge in [0, 0.05) is 11.3 Å². The summed E-state index contributed by atoms with van der Waals surface area (Å²) in [5.41, 5.74) is -0.126. The highest BCUT2D eigenvalue weighted by Gasteiger charge is 2.58. The first-order valence-corrected chi connectivity index (χ1v) is 4.94. The van der Waals surface area contributed by atoms with Gasteiger partial charge in [0.2, 0.25) is 0 Å². The van der Waals surface area contributed by atoms with Crippen LogP contribution in [0, 0.1) is 23.2 Å². The fourth-order valence-electron chi connectivity index (χ4n) is 3.52. The Balaban J connectivity index is 2.08. The minimum atomic E-state index is -0.341. The van der Waals surface area contributed by atoms with Gasteiger partial charge in [0.25, 0.3) is 0 Å². The topological polar surface area (TPSA) is 40.5 Å². The van der Waals surface area contributed by atoms with Crippen LogP contribution in [0.4, 0.5) is 0 Å². The second-order valence-electron chi connectivity index (χ2n) is 4.54. The molecule has 3 aliphatic carbocycles. The van der Waals surface area contributed by atoms with E-state index < -0.39 is 0 Å². The summed E-state index contributed by atoms with van der Waals surface area (Å²) >= 11 is 0. The Morgan fingerprint density at radius 1 is 1.31 bits per heavy atom. The van der Waals surface area contributed by atoms with E-state index in [1.807, 2.05) is 12.2 Å². The summed E-state index contributed by atoms with van der Waals surface area (Å²) in [6.45, 7) is 0.177. The molecular formula is C11H14O2. The molecule has 5 atom stereocenters. The van der Waals surface area contributed by atoms with Gasteiger partial charge in [0.05, 0.1) is 12.7 Å². The van der Waals surface area contributed by atoms with E-state index in [9.17, 15) is 10.2 Å². The van der Waals surface area contributed by atoms with Crippen LogP contribution in [0.15, 0.2) is 24.3 Å². The third-order valence-electron chi connectivity index (χ3n) is 4.13. The van der Waals surface area contributed by atoms with E-state index in [-0.39, 0.29) is 24.0 Å². The monoisotopic (exact) mass is 178 g/mol. The van der Waals surface area contributed by atoms with Gasteiger partial charge in [-0.15, -0.1) is 0 Å². The second-order valence-corrected chi connectivity index (χ2v) is 4.54. The Morgan fingerprint density at radius 3 is 2.85 bits per heavy atom. The van der Waals surface area contributed by atoms with Crippen LogP contribution in [-0.4, -0.2) is 22.9 Å². The van der Waals surface area contributed by atoms with Crippen LogP contribution in [0.3, 0.4) is 0 Å². The van der Waals surface area contributed by atoms with Crippen molar-refractivity contribution in [3.05, 3.63) is 24.3 Å². The number of hydrogen-bond donors (Lipinski definition) is 2. The molecule has 0 heterocycles. The summed E-state index contributed by atoms with van der Waals surface area (Å²) in [7, 11) is 0. The lowest BCUT2D eigenvalue weighted by Gasteiger charge is -2.35. The van der Waals surface area contributed by atoms with Crippen LogP contribution < -0.4 is 0 Å². The Hall–Kier alpha value is -0.600. The first-order valence-electron chi connectivity index (χ1n) is 4.94. The zero-order valence-corrected chi connectivity index (χ0v) is 7.43. The van der Waals surface area contributed by atoms with Gasteiger partial charge in [-0.1, -0.05) is 24.3 Å². The maximum absolute atomic E-state index is 9.79. The average Bonchev–Trinajstić information content (AvgIpc) is 2.77. The third-order valence-corrected chi connectivity index (χ3v) is 4.13. The van der Waals surface area contributed by atoms with E-state index in [2.05, 4.69) is 12.2 Å². The maximum atomic E-state index is 9.79. The molecule has 2 N–H and O–H groups in total. The standard InChI is InChI=1S/C11H14O2/c12-6-11-4-3-9(13)10(11)7-1-2-8(11)5-7/h1-4,7-10,12-13H,5-6H2/t7-,8+,9+,10?,11-/m1/s1. The van der Waals surface area contributed by atoms with E-state index >= 15 is 0 Å². The molecule has 3 rings (SSSR count). The van der Waals surface area contributed by atoms with Crippen LogP contribution in [0.25, 0.3) is 0 Å². The summed E-state index contributed by atoms with van der Waals surface area (Å²) in [5.74, 6) is 1.19. The molecular weight excluding hydrogens is 164 g/mol. The van der Waals surface area contributed by atoms with Crippen LogP contribution in [0.1, 0.15) is 6.42 Å². The summed E-state index contributed by atoms with van der Waals surface area (Å²) in [6, 6.07) is 0. The zero-order chi connectivity index (χ0) is 9.05. The van der Waals surface area contributed by atoms with Gasteiger partial charge in [-0.05, 0) is 18.3 Å². The van der Waals surface area contributed by atoms with Crippen molar-refractivity contribution in [2.45, 2.75) is 12.5 Å². The van der Waals surface area contributed by atoms with Crippen LogP contribution in [0.5, 0.6) is 0 Å². The minimum Gasteiger partial charge on any atom is -0.395 e. The molecule has 0 amide bonds. The smallest absolute Gasteiger partial charge is 0.0764 e. The van der Waals surface area contributed by atoms with Gasteiger partial charge in [0.15, 0.2) is 0 Å². The van der Waals surface area contributed by atoms with Crippen molar-refractivity contribution in [3.63, 3.8) is 0 Å². The molecule has 0 aromatic rings. The van der Waals surface area contributed by atoms with Crippen molar-refractivity contribution in [3.8, 4) is 0 Å². The number of allylic oxidation sites excluding steroid dienone is 2. The van der Waals surface area contributed by atoms with Gasteiger partial charge < -0.3 is 10.2 Å². The average molecular weight is 178 g/mol. The van der Waals surface area contributed by atoms with Crippen molar-refractivity contribution in [1.82, 2.24) is 0 Å². The van der Waals surface area contributed by atoms with Gasteiger partial charge in [0.1, 0.15) is 0 Å². The number of fused-ring (bicyclic) bond motifs is 5. The lowest BCUT2D eigenvalue weighted by Crippen LogP contribution is -2.37. The highest BCUT2D eigenvalue weighted by atomic mass is 16.3. The quantitative estimate of drug-likeness (QED) is 0.581. The first-order chi connectivity index (χ1) is 6.28. The zero-order valence-electron chi connectivity index (χ0n) is 7.43. The molecule has 0 saturated heterocycles. The molecule has 1 saturated carbocycles. The molecule has 2 bridgehead atoms. The highest BCUT2D eigenvalue weighted by Crippen LogP contribution is 2.60. The Morgan fingerprint density at radius 2 is 2.15 bits per heavy atom. The van der Waals surface area contributed by atoms with Gasteiger partial charge >= 0.3 is 0 Å². The maximum Gasteiger partial charge on any atom is 0.0764 e. The fraction of sp³-hybridized carbons (Fsp3) is 0.636. The molecule has 0 spiro atoms. The number of hydrogen-bond acceptors (Lipinski definition) is 2. The molecule has 0 aromatic heterocycles. The molecule has 1 unspecified atom stereocenters. The lowest BCUT2D eigenvalue weighted by atomic mass is 9.71. The number of aliphatic hydroxyl groups is 2. The van der Waals surface area contributed by atoms with Crippen molar-refractivity contribution in [2.24, 2.45) is 23.2 Å². The summed E-state index contributed by atoms with van der Waals surface area (Å²) < 4.78 is 0. The molecule has 2 heteroatoms. The Bertz CT molecular complexity index is 294. The SMILES string of the molecule is OC[C@@]12C=C[C@H](O)C1[C@@H]1C=C[C@H]2C1. The highest BCUT2D eigenvalue weighted by molar-refractivity contribution is 5.31. The Labute approximate surface area is 77.6 Å². The summed E-state index contributed by atoms with van der Waals surface area (Å²) in [6.07, 6.45) is 9.09. The number of rotatable bonds is 1. The first kappa shape index (κ1) is 7.77. The largest absolute Gasteiger partial charge is 0.395 e. The van der Waals surface area contributed by atoms with E-state index in [0.29, 0.717) is 11.8 Å². The summed E-state index contributed by atoms with van der Waals surface area (Å²) in [4.78, 5) is 0. The molecule has 2 nitrogen and oxygen atoms in total. The molecule has 0 aliphatic heterocycles. The van der Waals surface area contributed by atoms with Crippen LogP contribution in [-0.2, 0) is 0 Å². The molecule has 70 valence electrons. The predicted molar refractivity (Wildman–Crippen MR) is 48.9 cm³/mol. The fourth-order valence-corrected chi connectivity index (χ4v) is 3.52. The van der Waals surface area contributed by atoms with Crippen molar-refractivity contribution < 1.29 is 10.2 Å². The van der Waals surface area contributed by atoms with Crippen LogP contribution >= 0.6 is 0 Å². The van der Waals surface area contributed by atoms with Crippen LogP contribution in [0.2, 0.25) is 0 Å². The van der Waals surface area contributed by atoms with E-state index in [1.54, 1.807) is 0 Å². The molecule has 3 aliphatic rings. The second kappa shape index (κ2) is 2.25. The Kier molecular flexibility index (Phi) is 1.35. The van der Waals surface area contributed by atoms with Crippen molar-refractivity contribution in [1.29, 1.82) is 0 Å². The van der Waals surface area contributed by atoms with Gasteiger partial charge in [-0.2, -0.15) is 0 Å². The predicted octanol–water partition coefficient (Wildman–Crippen LogP) is 0.718. The summed E-state index contributed by atoms with van der Waals surface area (Å²) in [5, 5.41) is 19.3. The van der Waals surface area contributed by atoms with E-state index in [1.165, 1.54) is 0 Å². The molecule has 1 fully saturated rings. The van der Waals surface area contributed by atoms with E-state index in [0.717, 1.165) is 6.42 Å². The number of aliphatic hydroxyl groups excluding tert-OH is 2. The minimum absolute atomic E-state index is 0.126. The molecule has 0 aromatic carbocycles. The van der Waals surface area contributed by atoms with Gasteiger partial charge in [-0.25, -0.2) is 0 Å². The lowest BCUT2D eigenvalue weighted by molar-refractivity contribution is 0.0430. The van der Waals surface area contributed by atoms with Crippen molar-refractivity contribution in [2.75, 3.05) is 6.61 Å².